The van der Waals surface area contributed by atoms with Gasteiger partial charge in [-0.3, -0.25) is 4.79 Å². The number of aliphatic hydroxyl groups excluding tert-OH is 1. The average Bonchev–Trinajstić information content (AvgIpc) is 2.24. The van der Waals surface area contributed by atoms with Crippen LogP contribution in [-0.4, -0.2) is 39.8 Å². The van der Waals surface area contributed by atoms with E-state index in [1.54, 1.807) is 0 Å². The van der Waals surface area contributed by atoms with Gasteiger partial charge in [0.1, 0.15) is 11.6 Å². The molecule has 92 valence electrons. The van der Waals surface area contributed by atoms with Crippen LogP contribution in [0.3, 0.4) is 0 Å². The first-order chi connectivity index (χ1) is 7.95. The van der Waals surface area contributed by atoms with Crippen LogP contribution in [0.15, 0.2) is 18.2 Å². The number of halogens is 1. The van der Waals surface area contributed by atoms with Crippen LogP contribution in [0.4, 0.5) is 4.39 Å². The largest absolute Gasteiger partial charge is 0.507 e. The number of hydrogen-bond acceptors (Lipinski definition) is 4. The summed E-state index contributed by atoms with van der Waals surface area (Å²) in [4.78, 5) is 22.0. The number of carboxylic acids is 1. The Labute approximate surface area is 95.3 Å². The first-order valence-corrected chi connectivity index (χ1v) is 4.58. The van der Waals surface area contributed by atoms with Gasteiger partial charge in [0, 0.05) is 6.07 Å². The number of phenolic OH excluding ortho intramolecular Hbond substituents is 1. The molecule has 0 radical (unpaired) electrons. The van der Waals surface area contributed by atoms with Crippen LogP contribution in [0.5, 0.6) is 5.75 Å². The van der Waals surface area contributed by atoms with Gasteiger partial charge in [0.25, 0.3) is 5.91 Å². The number of aliphatic hydroxyl groups is 1. The lowest BCUT2D eigenvalue weighted by Gasteiger charge is -2.12. The van der Waals surface area contributed by atoms with E-state index in [9.17, 15) is 19.1 Å². The first-order valence-electron chi connectivity index (χ1n) is 4.58. The van der Waals surface area contributed by atoms with Crippen molar-refractivity contribution < 1.29 is 29.3 Å². The summed E-state index contributed by atoms with van der Waals surface area (Å²) in [6.45, 7) is -0.789. The highest BCUT2D eigenvalue weighted by atomic mass is 19.1. The number of nitrogens with one attached hydrogen (secondary N) is 1. The lowest BCUT2D eigenvalue weighted by Crippen LogP contribution is -2.43. The average molecular weight is 243 g/mol. The third kappa shape index (κ3) is 3.15. The first kappa shape index (κ1) is 12.9. The number of carboxylic acid groups (broad SMARTS) is 1. The van der Waals surface area contributed by atoms with E-state index in [1.807, 2.05) is 5.32 Å². The van der Waals surface area contributed by atoms with Crippen molar-refractivity contribution in [3.63, 3.8) is 0 Å². The van der Waals surface area contributed by atoms with Gasteiger partial charge in [0.2, 0.25) is 0 Å². The second-order valence-corrected chi connectivity index (χ2v) is 3.21. The maximum Gasteiger partial charge on any atom is 0.328 e. The summed E-state index contributed by atoms with van der Waals surface area (Å²) in [6, 6.07) is 1.20. The second kappa shape index (κ2) is 5.26. The van der Waals surface area contributed by atoms with Gasteiger partial charge >= 0.3 is 5.97 Å². The van der Waals surface area contributed by atoms with Crippen LogP contribution in [-0.2, 0) is 4.79 Å². The van der Waals surface area contributed by atoms with Crippen LogP contribution in [0.2, 0.25) is 0 Å². The van der Waals surface area contributed by atoms with Crippen molar-refractivity contribution in [1.29, 1.82) is 0 Å². The van der Waals surface area contributed by atoms with Crippen molar-refractivity contribution in [3.8, 4) is 5.75 Å². The zero-order valence-corrected chi connectivity index (χ0v) is 8.55. The second-order valence-electron chi connectivity index (χ2n) is 3.21. The lowest BCUT2D eigenvalue weighted by atomic mass is 10.1. The SMILES string of the molecule is O=C(N[C@H](CO)C(=O)O)c1ccc(F)cc1O. The van der Waals surface area contributed by atoms with Gasteiger partial charge in [-0.25, -0.2) is 9.18 Å². The van der Waals surface area contributed by atoms with Gasteiger partial charge in [0.05, 0.1) is 12.2 Å². The van der Waals surface area contributed by atoms with Gasteiger partial charge in [-0.15, -0.1) is 0 Å². The number of aromatic hydroxyl groups is 1. The maximum atomic E-state index is 12.6. The van der Waals surface area contributed by atoms with Gasteiger partial charge < -0.3 is 20.6 Å². The molecule has 1 aromatic carbocycles. The zero-order chi connectivity index (χ0) is 13.0. The topological polar surface area (TPSA) is 107 Å². The normalized spacial score (nSPS) is 11.9. The summed E-state index contributed by atoms with van der Waals surface area (Å²) in [5, 5.41) is 28.5. The Morgan fingerprint density at radius 2 is 2.06 bits per heavy atom. The molecule has 0 aromatic heterocycles. The number of hydrogen-bond donors (Lipinski definition) is 4. The van der Waals surface area contributed by atoms with Crippen molar-refractivity contribution in [2.24, 2.45) is 0 Å². The van der Waals surface area contributed by atoms with Crippen LogP contribution < -0.4 is 5.32 Å². The minimum absolute atomic E-state index is 0.272. The molecule has 7 heteroatoms. The van der Waals surface area contributed by atoms with Gasteiger partial charge in [-0.2, -0.15) is 0 Å². The van der Waals surface area contributed by atoms with E-state index >= 15 is 0 Å². The van der Waals surface area contributed by atoms with Gasteiger partial charge in [0.15, 0.2) is 6.04 Å². The quantitative estimate of drug-likeness (QED) is 0.581. The predicted molar refractivity (Wildman–Crippen MR) is 54.0 cm³/mol. The Balaban J connectivity index is 2.86. The van der Waals surface area contributed by atoms with Gasteiger partial charge in [-0.05, 0) is 12.1 Å². The molecule has 0 aliphatic carbocycles. The molecule has 0 bridgehead atoms. The number of amides is 1. The van der Waals surface area contributed by atoms with Crippen molar-refractivity contribution in [2.75, 3.05) is 6.61 Å². The number of carbonyl (C=O) groups excluding carboxylic acids is 1. The summed E-state index contributed by atoms with van der Waals surface area (Å²) in [5.74, 6) is -3.66. The van der Waals surface area contributed by atoms with E-state index in [-0.39, 0.29) is 5.56 Å². The molecule has 0 heterocycles. The van der Waals surface area contributed by atoms with Gasteiger partial charge in [-0.1, -0.05) is 0 Å². The molecule has 1 atom stereocenters. The molecule has 0 saturated heterocycles. The zero-order valence-electron chi connectivity index (χ0n) is 8.55. The minimum atomic E-state index is -1.48. The number of aliphatic carboxylic acids is 1. The molecular weight excluding hydrogens is 233 g/mol. The van der Waals surface area contributed by atoms with Crippen molar-refractivity contribution in [3.05, 3.63) is 29.6 Å². The van der Waals surface area contributed by atoms with E-state index < -0.39 is 36.1 Å². The summed E-state index contributed by atoms with van der Waals surface area (Å²) < 4.78 is 12.6. The molecule has 1 rings (SSSR count). The highest BCUT2D eigenvalue weighted by molar-refractivity contribution is 5.98. The smallest absolute Gasteiger partial charge is 0.328 e. The monoisotopic (exact) mass is 243 g/mol. The van der Waals surface area contributed by atoms with E-state index in [4.69, 9.17) is 10.2 Å². The molecule has 6 nitrogen and oxygen atoms in total. The standard InChI is InChI=1S/C10H10FNO5/c11-5-1-2-6(8(14)3-5)9(15)12-7(4-13)10(16)17/h1-3,7,13-14H,4H2,(H,12,15)(H,16,17)/t7-/m1/s1. The molecule has 0 aliphatic rings. The molecular formula is C10H10FNO5. The summed E-state index contributed by atoms with van der Waals surface area (Å²) in [5.41, 5.74) is -0.272. The van der Waals surface area contributed by atoms with Crippen molar-refractivity contribution in [1.82, 2.24) is 5.32 Å². The minimum Gasteiger partial charge on any atom is -0.507 e. The number of carbonyl (C=O) groups is 2. The highest BCUT2D eigenvalue weighted by Crippen LogP contribution is 2.17. The van der Waals surface area contributed by atoms with Crippen LogP contribution >= 0.6 is 0 Å². The molecule has 1 amide bonds. The number of rotatable bonds is 4. The summed E-state index contributed by atoms with van der Waals surface area (Å²) >= 11 is 0. The fourth-order valence-electron chi connectivity index (χ4n) is 1.12. The Morgan fingerprint density at radius 3 is 2.53 bits per heavy atom. The molecule has 17 heavy (non-hydrogen) atoms. The molecule has 0 unspecified atom stereocenters. The Kier molecular flexibility index (Phi) is 4.00. The molecule has 4 N–H and O–H groups in total. The van der Waals surface area contributed by atoms with Crippen molar-refractivity contribution in [2.45, 2.75) is 6.04 Å². The van der Waals surface area contributed by atoms with E-state index in [0.717, 1.165) is 18.2 Å². The van der Waals surface area contributed by atoms with Crippen LogP contribution in [0.25, 0.3) is 0 Å². The van der Waals surface area contributed by atoms with E-state index in [1.165, 1.54) is 0 Å². The van der Waals surface area contributed by atoms with E-state index in [2.05, 4.69) is 0 Å². The Morgan fingerprint density at radius 1 is 1.41 bits per heavy atom. The van der Waals surface area contributed by atoms with E-state index in [0.29, 0.717) is 0 Å². The predicted octanol–water partition coefficient (Wildman–Crippen LogP) is -0.293. The third-order valence-corrected chi connectivity index (χ3v) is 1.99. The summed E-state index contributed by atoms with van der Waals surface area (Å²) in [7, 11) is 0. The van der Waals surface area contributed by atoms with Crippen molar-refractivity contribution >= 4 is 11.9 Å². The fourth-order valence-corrected chi connectivity index (χ4v) is 1.12. The number of benzene rings is 1. The molecule has 1 aromatic rings. The number of phenols is 1. The Hall–Kier alpha value is -2.15. The molecule has 0 saturated carbocycles. The lowest BCUT2D eigenvalue weighted by molar-refractivity contribution is -0.140. The fraction of sp³-hybridized carbons (Fsp3) is 0.200. The molecule has 0 spiro atoms. The third-order valence-electron chi connectivity index (χ3n) is 1.99. The Bertz CT molecular complexity index is 448. The van der Waals surface area contributed by atoms with Crippen LogP contribution in [0, 0.1) is 5.82 Å². The highest BCUT2D eigenvalue weighted by Gasteiger charge is 2.21. The summed E-state index contributed by atoms with van der Waals surface area (Å²) in [6.07, 6.45) is 0. The molecule has 0 aliphatic heterocycles. The maximum absolute atomic E-state index is 12.6. The van der Waals surface area contributed by atoms with Crippen LogP contribution in [0.1, 0.15) is 10.4 Å². The molecule has 0 fully saturated rings.